The summed E-state index contributed by atoms with van der Waals surface area (Å²) in [5.41, 5.74) is 1.27. The van der Waals surface area contributed by atoms with Gasteiger partial charge in [0.2, 0.25) is 5.91 Å². The first-order chi connectivity index (χ1) is 10.2. The van der Waals surface area contributed by atoms with Crippen LogP contribution in [0.5, 0.6) is 0 Å². The largest absolute Gasteiger partial charge is 0.372 e. The van der Waals surface area contributed by atoms with Crippen LogP contribution in [0.4, 0.5) is 0 Å². The van der Waals surface area contributed by atoms with Gasteiger partial charge < -0.3 is 9.64 Å². The van der Waals surface area contributed by atoms with Gasteiger partial charge in [-0.2, -0.15) is 0 Å². The van der Waals surface area contributed by atoms with Gasteiger partial charge in [0.1, 0.15) is 6.61 Å². The van der Waals surface area contributed by atoms with Gasteiger partial charge in [-0.1, -0.05) is 43.7 Å². The fourth-order valence-electron chi connectivity index (χ4n) is 2.63. The summed E-state index contributed by atoms with van der Waals surface area (Å²) in [6.45, 7) is 5.45. The molecule has 1 heterocycles. The van der Waals surface area contributed by atoms with Crippen LogP contribution < -0.4 is 0 Å². The molecule has 1 atom stereocenters. The SMILES string of the molecule is CCCCOCC(=O)N1CCN(C)C(c2ccccc2)C1. The first-order valence-corrected chi connectivity index (χ1v) is 7.83. The lowest BCUT2D eigenvalue weighted by Gasteiger charge is -2.39. The third kappa shape index (κ3) is 4.55. The predicted molar refractivity (Wildman–Crippen MR) is 84.1 cm³/mol. The first kappa shape index (κ1) is 16.0. The van der Waals surface area contributed by atoms with Crippen molar-refractivity contribution in [1.29, 1.82) is 0 Å². The molecule has 1 aromatic carbocycles. The van der Waals surface area contributed by atoms with Gasteiger partial charge in [0.05, 0.1) is 6.04 Å². The van der Waals surface area contributed by atoms with Crippen molar-refractivity contribution in [3.8, 4) is 0 Å². The van der Waals surface area contributed by atoms with E-state index in [-0.39, 0.29) is 18.6 Å². The molecular formula is C17H26N2O2. The van der Waals surface area contributed by atoms with Crippen LogP contribution in [-0.2, 0) is 9.53 Å². The summed E-state index contributed by atoms with van der Waals surface area (Å²) in [5.74, 6) is 0.111. The zero-order chi connectivity index (χ0) is 15.1. The Morgan fingerprint density at radius 1 is 1.29 bits per heavy atom. The van der Waals surface area contributed by atoms with Crippen molar-refractivity contribution in [3.05, 3.63) is 35.9 Å². The Bertz CT molecular complexity index is 436. The van der Waals surface area contributed by atoms with Crippen molar-refractivity contribution >= 4 is 5.91 Å². The Morgan fingerprint density at radius 3 is 2.76 bits per heavy atom. The average molecular weight is 290 g/mol. The molecule has 1 saturated heterocycles. The lowest BCUT2D eigenvalue weighted by Crippen LogP contribution is -2.50. The van der Waals surface area contributed by atoms with Gasteiger partial charge >= 0.3 is 0 Å². The number of rotatable bonds is 6. The van der Waals surface area contributed by atoms with E-state index >= 15 is 0 Å². The van der Waals surface area contributed by atoms with Crippen molar-refractivity contribution < 1.29 is 9.53 Å². The number of amides is 1. The van der Waals surface area contributed by atoms with E-state index < -0.39 is 0 Å². The predicted octanol–water partition coefficient (Wildman–Crippen LogP) is 2.32. The van der Waals surface area contributed by atoms with Gasteiger partial charge in [0.25, 0.3) is 0 Å². The van der Waals surface area contributed by atoms with Crippen molar-refractivity contribution in [3.63, 3.8) is 0 Å². The van der Waals surface area contributed by atoms with E-state index in [4.69, 9.17) is 4.74 Å². The van der Waals surface area contributed by atoms with E-state index in [2.05, 4.69) is 43.1 Å². The molecule has 0 aromatic heterocycles. The summed E-state index contributed by atoms with van der Waals surface area (Å²) in [4.78, 5) is 16.5. The Morgan fingerprint density at radius 2 is 2.05 bits per heavy atom. The molecule has 21 heavy (non-hydrogen) atoms. The smallest absolute Gasteiger partial charge is 0.248 e. The summed E-state index contributed by atoms with van der Waals surface area (Å²) < 4.78 is 5.45. The number of likely N-dealkylation sites (N-methyl/N-ethyl adjacent to an activating group) is 1. The van der Waals surface area contributed by atoms with E-state index in [1.54, 1.807) is 0 Å². The molecule has 0 aliphatic carbocycles. The van der Waals surface area contributed by atoms with Crippen LogP contribution in [0.2, 0.25) is 0 Å². The highest BCUT2D eigenvalue weighted by molar-refractivity contribution is 5.77. The van der Waals surface area contributed by atoms with Crippen LogP contribution in [0.15, 0.2) is 30.3 Å². The van der Waals surface area contributed by atoms with Crippen molar-refractivity contribution in [2.45, 2.75) is 25.8 Å². The lowest BCUT2D eigenvalue weighted by molar-refractivity contribution is -0.139. The Balaban J connectivity index is 1.89. The summed E-state index contributed by atoms with van der Waals surface area (Å²) in [6.07, 6.45) is 2.11. The topological polar surface area (TPSA) is 32.8 Å². The average Bonchev–Trinajstić information content (AvgIpc) is 2.52. The zero-order valence-electron chi connectivity index (χ0n) is 13.1. The number of carbonyl (C=O) groups is 1. The van der Waals surface area contributed by atoms with Crippen molar-refractivity contribution in [2.75, 3.05) is 39.9 Å². The molecule has 116 valence electrons. The Hall–Kier alpha value is -1.39. The Labute approximate surface area is 127 Å². The summed E-state index contributed by atoms with van der Waals surface area (Å²) >= 11 is 0. The molecule has 1 amide bonds. The van der Waals surface area contributed by atoms with E-state index in [0.29, 0.717) is 6.61 Å². The van der Waals surface area contributed by atoms with Gasteiger partial charge in [0.15, 0.2) is 0 Å². The molecular weight excluding hydrogens is 264 g/mol. The van der Waals surface area contributed by atoms with Gasteiger partial charge in [-0.05, 0) is 19.0 Å². The maximum absolute atomic E-state index is 12.2. The number of benzene rings is 1. The number of unbranched alkanes of at least 4 members (excludes halogenated alkanes) is 1. The third-order valence-corrected chi connectivity index (χ3v) is 4.05. The van der Waals surface area contributed by atoms with Crippen LogP contribution in [0.25, 0.3) is 0 Å². The number of hydrogen-bond acceptors (Lipinski definition) is 3. The second-order valence-corrected chi connectivity index (χ2v) is 5.65. The molecule has 0 saturated carbocycles. The maximum Gasteiger partial charge on any atom is 0.248 e. The highest BCUT2D eigenvalue weighted by Gasteiger charge is 2.28. The molecule has 1 fully saturated rings. The van der Waals surface area contributed by atoms with Gasteiger partial charge in [0, 0.05) is 26.2 Å². The fraction of sp³-hybridized carbons (Fsp3) is 0.588. The molecule has 1 aliphatic heterocycles. The van der Waals surface area contributed by atoms with E-state index in [1.165, 1.54) is 5.56 Å². The number of nitrogens with zero attached hydrogens (tertiary/aromatic N) is 2. The van der Waals surface area contributed by atoms with Crippen molar-refractivity contribution in [1.82, 2.24) is 9.80 Å². The molecule has 0 N–H and O–H groups in total. The minimum Gasteiger partial charge on any atom is -0.372 e. The molecule has 4 heteroatoms. The number of carbonyl (C=O) groups excluding carboxylic acids is 1. The molecule has 2 rings (SSSR count). The minimum absolute atomic E-state index is 0.111. The van der Waals surface area contributed by atoms with E-state index in [1.807, 2.05) is 11.0 Å². The maximum atomic E-state index is 12.2. The standard InChI is InChI=1S/C17H26N2O2/c1-3-4-12-21-14-17(20)19-11-10-18(2)16(13-19)15-8-6-5-7-9-15/h5-9,16H,3-4,10-14H2,1-2H3. The van der Waals surface area contributed by atoms with E-state index in [0.717, 1.165) is 32.5 Å². The highest BCUT2D eigenvalue weighted by atomic mass is 16.5. The molecule has 0 bridgehead atoms. The first-order valence-electron chi connectivity index (χ1n) is 7.83. The second-order valence-electron chi connectivity index (χ2n) is 5.65. The molecule has 4 nitrogen and oxygen atoms in total. The molecule has 0 radical (unpaired) electrons. The molecule has 1 aromatic rings. The zero-order valence-corrected chi connectivity index (χ0v) is 13.1. The summed E-state index contributed by atoms with van der Waals surface area (Å²) in [6, 6.07) is 10.7. The Kier molecular flexibility index (Phi) is 6.21. The second kappa shape index (κ2) is 8.15. The normalized spacial score (nSPS) is 19.7. The quantitative estimate of drug-likeness (QED) is 0.754. The number of hydrogen-bond donors (Lipinski definition) is 0. The van der Waals surface area contributed by atoms with E-state index in [9.17, 15) is 4.79 Å². The monoisotopic (exact) mass is 290 g/mol. The van der Waals surface area contributed by atoms with Crippen LogP contribution in [0, 0.1) is 0 Å². The van der Waals surface area contributed by atoms with Crippen LogP contribution in [0.1, 0.15) is 31.4 Å². The number of piperazine rings is 1. The molecule has 1 aliphatic rings. The van der Waals surface area contributed by atoms with Gasteiger partial charge in [-0.25, -0.2) is 0 Å². The minimum atomic E-state index is 0.111. The van der Waals surface area contributed by atoms with Crippen LogP contribution in [0.3, 0.4) is 0 Å². The highest BCUT2D eigenvalue weighted by Crippen LogP contribution is 2.23. The number of ether oxygens (including phenoxy) is 1. The van der Waals surface area contributed by atoms with Gasteiger partial charge in [-0.15, -0.1) is 0 Å². The summed E-state index contributed by atoms with van der Waals surface area (Å²) in [7, 11) is 2.12. The summed E-state index contributed by atoms with van der Waals surface area (Å²) in [5, 5.41) is 0. The van der Waals surface area contributed by atoms with Gasteiger partial charge in [-0.3, -0.25) is 9.69 Å². The fourth-order valence-corrected chi connectivity index (χ4v) is 2.63. The van der Waals surface area contributed by atoms with Crippen LogP contribution >= 0.6 is 0 Å². The lowest BCUT2D eigenvalue weighted by atomic mass is 10.0. The molecule has 1 unspecified atom stereocenters. The van der Waals surface area contributed by atoms with Crippen molar-refractivity contribution in [2.24, 2.45) is 0 Å². The third-order valence-electron chi connectivity index (χ3n) is 4.05. The molecule has 0 spiro atoms. The van der Waals surface area contributed by atoms with Crippen LogP contribution in [-0.4, -0.2) is 55.6 Å².